The Hall–Kier alpha value is -3.14. The number of carbonyl (C=O) groups excluding carboxylic acids is 1. The van der Waals surface area contributed by atoms with E-state index in [0.29, 0.717) is 26.2 Å². The van der Waals surface area contributed by atoms with E-state index in [0.717, 1.165) is 18.0 Å². The molecule has 0 spiro atoms. The first-order valence-corrected chi connectivity index (χ1v) is 10.8. The number of piperazine rings is 1. The van der Waals surface area contributed by atoms with E-state index in [9.17, 15) is 23.3 Å². The predicted molar refractivity (Wildman–Crippen MR) is 107 cm³/mol. The number of hydrogen-bond acceptors (Lipinski definition) is 7. The summed E-state index contributed by atoms with van der Waals surface area (Å²) in [6, 6.07) is 13.3. The number of hydrogen-bond donors (Lipinski definition) is 0. The maximum absolute atomic E-state index is 12.4. The summed E-state index contributed by atoms with van der Waals surface area (Å²) in [5.74, 6) is -0.419. The summed E-state index contributed by atoms with van der Waals surface area (Å²) >= 11 is 0. The van der Waals surface area contributed by atoms with Crippen LogP contribution in [0, 0.1) is 10.1 Å². The molecule has 0 unspecified atom stereocenters. The van der Waals surface area contributed by atoms with Crippen LogP contribution in [-0.2, 0) is 14.6 Å². The summed E-state index contributed by atoms with van der Waals surface area (Å²) in [4.78, 5) is 26.6. The van der Waals surface area contributed by atoms with E-state index in [1.165, 1.54) is 12.1 Å². The van der Waals surface area contributed by atoms with Gasteiger partial charge in [-0.3, -0.25) is 14.9 Å². The third-order valence-corrected chi connectivity index (χ3v) is 5.77. The highest BCUT2D eigenvalue weighted by Crippen LogP contribution is 2.29. The molecule has 0 aromatic heterocycles. The molecule has 0 radical (unpaired) electrons. The molecule has 29 heavy (non-hydrogen) atoms. The van der Waals surface area contributed by atoms with Crippen LogP contribution < -0.4 is 9.64 Å². The maximum Gasteiger partial charge on any atom is 0.312 e. The van der Waals surface area contributed by atoms with Gasteiger partial charge in [-0.2, -0.15) is 0 Å². The SMILES string of the molecule is CS(=O)(=O)c1ccc(OCC(=O)N2CCN(c3ccccc3)CC2)c([N+](=O)[O-])c1. The van der Waals surface area contributed by atoms with Crippen LogP contribution in [0.15, 0.2) is 53.4 Å². The van der Waals surface area contributed by atoms with Crippen LogP contribution in [0.5, 0.6) is 5.75 Å². The lowest BCUT2D eigenvalue weighted by molar-refractivity contribution is -0.386. The number of benzene rings is 2. The monoisotopic (exact) mass is 419 g/mol. The van der Waals surface area contributed by atoms with Crippen molar-refractivity contribution < 1.29 is 22.9 Å². The molecule has 2 aromatic rings. The van der Waals surface area contributed by atoms with E-state index in [2.05, 4.69) is 4.90 Å². The van der Waals surface area contributed by atoms with Gasteiger partial charge in [0.15, 0.2) is 22.2 Å². The standard InChI is InChI=1S/C19H21N3O6S/c1-29(26,27)16-7-8-18(17(13-16)22(24)25)28-14-19(23)21-11-9-20(10-12-21)15-5-3-2-4-6-15/h2-8,13H,9-12,14H2,1H3. The Balaban J connectivity index is 1.60. The molecule has 1 amide bonds. The lowest BCUT2D eigenvalue weighted by Crippen LogP contribution is -2.50. The summed E-state index contributed by atoms with van der Waals surface area (Å²) in [6.45, 7) is 2.04. The minimum absolute atomic E-state index is 0.140. The van der Waals surface area contributed by atoms with Gasteiger partial charge in [-0.05, 0) is 24.3 Å². The Morgan fingerprint density at radius 2 is 1.76 bits per heavy atom. The van der Waals surface area contributed by atoms with E-state index in [1.807, 2.05) is 30.3 Å². The first-order chi connectivity index (χ1) is 13.8. The molecule has 0 saturated carbocycles. The molecular weight excluding hydrogens is 398 g/mol. The van der Waals surface area contributed by atoms with E-state index in [1.54, 1.807) is 4.90 Å². The fraction of sp³-hybridized carbons (Fsp3) is 0.316. The van der Waals surface area contributed by atoms with Crippen molar-refractivity contribution in [1.29, 1.82) is 0 Å². The molecule has 0 aliphatic carbocycles. The molecule has 3 rings (SSSR count). The fourth-order valence-electron chi connectivity index (χ4n) is 3.08. The van der Waals surface area contributed by atoms with Crippen LogP contribution in [0.3, 0.4) is 0 Å². The van der Waals surface area contributed by atoms with Crippen LogP contribution in [0.4, 0.5) is 11.4 Å². The van der Waals surface area contributed by atoms with E-state index >= 15 is 0 Å². The molecular formula is C19H21N3O6S. The lowest BCUT2D eigenvalue weighted by atomic mass is 10.2. The molecule has 1 heterocycles. The predicted octanol–water partition coefficient (Wildman–Crippen LogP) is 1.73. The highest BCUT2D eigenvalue weighted by molar-refractivity contribution is 7.90. The normalized spacial score (nSPS) is 14.5. The molecule has 1 saturated heterocycles. The first-order valence-electron chi connectivity index (χ1n) is 8.95. The fourth-order valence-corrected chi connectivity index (χ4v) is 3.72. The molecule has 154 valence electrons. The van der Waals surface area contributed by atoms with Crippen LogP contribution >= 0.6 is 0 Å². The number of sulfone groups is 1. The number of rotatable bonds is 6. The smallest absolute Gasteiger partial charge is 0.312 e. The zero-order chi connectivity index (χ0) is 21.0. The minimum atomic E-state index is -3.59. The van der Waals surface area contributed by atoms with Crippen molar-refractivity contribution in [2.45, 2.75) is 4.90 Å². The number of para-hydroxylation sites is 1. The number of anilines is 1. The Labute approximate surface area is 168 Å². The summed E-state index contributed by atoms with van der Waals surface area (Å²) in [7, 11) is -3.59. The Kier molecular flexibility index (Phi) is 6.02. The Morgan fingerprint density at radius 1 is 1.10 bits per heavy atom. The van der Waals surface area contributed by atoms with Gasteiger partial charge < -0.3 is 14.5 Å². The third kappa shape index (κ3) is 5.02. The van der Waals surface area contributed by atoms with Gasteiger partial charge in [0, 0.05) is 44.2 Å². The third-order valence-electron chi connectivity index (χ3n) is 4.66. The topological polar surface area (TPSA) is 110 Å². The number of nitro groups is 1. The van der Waals surface area contributed by atoms with Gasteiger partial charge in [0.05, 0.1) is 9.82 Å². The van der Waals surface area contributed by atoms with E-state index in [4.69, 9.17) is 4.74 Å². The maximum atomic E-state index is 12.4. The second-order valence-electron chi connectivity index (χ2n) is 6.65. The number of nitrogens with zero attached hydrogens (tertiary/aromatic N) is 3. The van der Waals surface area contributed by atoms with Crippen molar-refractivity contribution in [2.24, 2.45) is 0 Å². The summed E-state index contributed by atoms with van der Waals surface area (Å²) in [6.07, 6.45) is 0.963. The van der Waals surface area contributed by atoms with Gasteiger partial charge in [0.2, 0.25) is 0 Å². The molecule has 1 aliphatic rings. The molecule has 1 aliphatic heterocycles. The van der Waals surface area contributed by atoms with Crippen molar-refractivity contribution >= 4 is 27.1 Å². The van der Waals surface area contributed by atoms with Crippen molar-refractivity contribution in [2.75, 3.05) is 43.9 Å². The number of nitro benzene ring substituents is 1. The summed E-state index contributed by atoms with van der Waals surface area (Å²) in [5.41, 5.74) is 0.604. The van der Waals surface area contributed by atoms with Crippen molar-refractivity contribution in [1.82, 2.24) is 4.90 Å². The van der Waals surface area contributed by atoms with Gasteiger partial charge in [-0.1, -0.05) is 18.2 Å². The average molecular weight is 419 g/mol. The van der Waals surface area contributed by atoms with E-state index in [-0.39, 0.29) is 23.2 Å². The first kappa shape index (κ1) is 20.6. The van der Waals surface area contributed by atoms with Gasteiger partial charge >= 0.3 is 5.69 Å². The van der Waals surface area contributed by atoms with E-state index < -0.39 is 20.4 Å². The minimum Gasteiger partial charge on any atom is -0.477 e. The zero-order valence-electron chi connectivity index (χ0n) is 15.9. The number of amides is 1. The van der Waals surface area contributed by atoms with Crippen LogP contribution in [-0.4, -0.2) is 63.2 Å². The number of ether oxygens (including phenoxy) is 1. The van der Waals surface area contributed by atoms with Crippen molar-refractivity contribution in [3.05, 3.63) is 58.6 Å². The second-order valence-corrected chi connectivity index (χ2v) is 8.67. The molecule has 9 nitrogen and oxygen atoms in total. The van der Waals surface area contributed by atoms with Crippen LogP contribution in [0.25, 0.3) is 0 Å². The van der Waals surface area contributed by atoms with Gasteiger partial charge in [-0.15, -0.1) is 0 Å². The van der Waals surface area contributed by atoms with Gasteiger partial charge in [0.25, 0.3) is 5.91 Å². The molecule has 1 fully saturated rings. The highest BCUT2D eigenvalue weighted by atomic mass is 32.2. The van der Waals surface area contributed by atoms with Crippen LogP contribution in [0.2, 0.25) is 0 Å². The van der Waals surface area contributed by atoms with Gasteiger partial charge in [0.1, 0.15) is 0 Å². The molecule has 0 N–H and O–H groups in total. The quantitative estimate of drug-likeness (QED) is 0.518. The number of carbonyl (C=O) groups is 1. The zero-order valence-corrected chi connectivity index (χ0v) is 16.7. The largest absolute Gasteiger partial charge is 0.477 e. The molecule has 0 bridgehead atoms. The van der Waals surface area contributed by atoms with Crippen molar-refractivity contribution in [3.8, 4) is 5.75 Å². The lowest BCUT2D eigenvalue weighted by Gasteiger charge is -2.36. The molecule has 2 aromatic carbocycles. The Bertz CT molecular complexity index is 1000. The summed E-state index contributed by atoms with van der Waals surface area (Å²) < 4.78 is 28.5. The second kappa shape index (κ2) is 8.48. The summed E-state index contributed by atoms with van der Waals surface area (Å²) in [5, 5.41) is 11.2. The molecule has 0 atom stereocenters. The molecule has 10 heteroatoms. The average Bonchev–Trinajstić information content (AvgIpc) is 2.72. The van der Waals surface area contributed by atoms with Crippen molar-refractivity contribution in [3.63, 3.8) is 0 Å². The van der Waals surface area contributed by atoms with Gasteiger partial charge in [-0.25, -0.2) is 8.42 Å². The highest BCUT2D eigenvalue weighted by Gasteiger charge is 2.24. The Morgan fingerprint density at radius 3 is 2.34 bits per heavy atom. The van der Waals surface area contributed by atoms with Crippen LogP contribution in [0.1, 0.15) is 0 Å².